The van der Waals surface area contributed by atoms with E-state index < -0.39 is 11.6 Å². The molecule has 1 aliphatic heterocycles. The van der Waals surface area contributed by atoms with Crippen LogP contribution in [-0.2, 0) is 0 Å². The SMILES string of the molecule is Fc1cnc(NCC[C@@H]2CCCN2)c(F)c1. The van der Waals surface area contributed by atoms with E-state index in [1.165, 1.54) is 12.8 Å². The van der Waals surface area contributed by atoms with Crippen LogP contribution in [0, 0.1) is 11.6 Å². The van der Waals surface area contributed by atoms with Crippen LogP contribution in [0.2, 0.25) is 0 Å². The monoisotopic (exact) mass is 227 g/mol. The summed E-state index contributed by atoms with van der Waals surface area (Å²) in [5, 5.41) is 6.23. The number of aromatic nitrogens is 1. The van der Waals surface area contributed by atoms with Gasteiger partial charge in [0.25, 0.3) is 0 Å². The molecular formula is C11H15F2N3. The van der Waals surface area contributed by atoms with Gasteiger partial charge in [0, 0.05) is 18.7 Å². The minimum atomic E-state index is -0.652. The molecule has 0 unspecified atom stereocenters. The maximum atomic E-state index is 13.2. The first-order valence-electron chi connectivity index (χ1n) is 5.54. The lowest BCUT2D eigenvalue weighted by molar-refractivity contribution is 0.563. The van der Waals surface area contributed by atoms with Crippen LogP contribution in [0.25, 0.3) is 0 Å². The van der Waals surface area contributed by atoms with Crippen LogP contribution in [0.3, 0.4) is 0 Å². The van der Waals surface area contributed by atoms with Gasteiger partial charge >= 0.3 is 0 Å². The Kier molecular flexibility index (Phi) is 3.66. The Morgan fingerprint density at radius 3 is 3.06 bits per heavy atom. The summed E-state index contributed by atoms with van der Waals surface area (Å²) in [4.78, 5) is 3.66. The Morgan fingerprint density at radius 2 is 2.38 bits per heavy atom. The highest BCUT2D eigenvalue weighted by Crippen LogP contribution is 2.12. The maximum Gasteiger partial charge on any atom is 0.168 e. The number of nitrogens with one attached hydrogen (secondary N) is 2. The van der Waals surface area contributed by atoms with Crippen molar-refractivity contribution in [2.24, 2.45) is 0 Å². The topological polar surface area (TPSA) is 37.0 Å². The first-order valence-corrected chi connectivity index (χ1v) is 5.54. The predicted octanol–water partition coefficient (Wildman–Crippen LogP) is 1.91. The highest BCUT2D eigenvalue weighted by Gasteiger charge is 2.13. The summed E-state index contributed by atoms with van der Waals surface area (Å²) < 4.78 is 25.7. The summed E-state index contributed by atoms with van der Waals surface area (Å²) in [5.74, 6) is -1.17. The second-order valence-electron chi connectivity index (χ2n) is 3.99. The maximum absolute atomic E-state index is 13.2. The summed E-state index contributed by atoms with van der Waals surface area (Å²) in [6, 6.07) is 1.35. The van der Waals surface area contributed by atoms with E-state index in [4.69, 9.17) is 0 Å². The Hall–Kier alpha value is -1.23. The van der Waals surface area contributed by atoms with Crippen molar-refractivity contribution >= 4 is 5.82 Å². The summed E-state index contributed by atoms with van der Waals surface area (Å²) >= 11 is 0. The van der Waals surface area contributed by atoms with Gasteiger partial charge in [-0.25, -0.2) is 13.8 Å². The molecule has 2 heterocycles. The Bertz CT molecular complexity index is 351. The van der Waals surface area contributed by atoms with E-state index in [1.54, 1.807) is 0 Å². The molecule has 2 N–H and O–H groups in total. The molecule has 0 saturated carbocycles. The van der Waals surface area contributed by atoms with Gasteiger partial charge in [-0.3, -0.25) is 0 Å². The van der Waals surface area contributed by atoms with Crippen molar-refractivity contribution in [3.8, 4) is 0 Å². The van der Waals surface area contributed by atoms with Gasteiger partial charge in [-0.15, -0.1) is 0 Å². The van der Waals surface area contributed by atoms with Crippen molar-refractivity contribution in [2.75, 3.05) is 18.4 Å². The van der Waals surface area contributed by atoms with Crippen LogP contribution in [0.4, 0.5) is 14.6 Å². The Morgan fingerprint density at radius 1 is 1.50 bits per heavy atom. The lowest BCUT2D eigenvalue weighted by Crippen LogP contribution is -2.24. The number of anilines is 1. The largest absolute Gasteiger partial charge is 0.368 e. The van der Waals surface area contributed by atoms with E-state index in [-0.39, 0.29) is 5.82 Å². The molecule has 1 aromatic heterocycles. The molecule has 2 rings (SSSR count). The molecule has 1 fully saturated rings. The van der Waals surface area contributed by atoms with Gasteiger partial charge < -0.3 is 10.6 Å². The van der Waals surface area contributed by atoms with Gasteiger partial charge in [-0.05, 0) is 25.8 Å². The van der Waals surface area contributed by atoms with Crippen molar-refractivity contribution in [3.63, 3.8) is 0 Å². The number of hydrogen-bond donors (Lipinski definition) is 2. The molecular weight excluding hydrogens is 212 g/mol. The highest BCUT2D eigenvalue weighted by atomic mass is 19.1. The van der Waals surface area contributed by atoms with Gasteiger partial charge in [-0.1, -0.05) is 0 Å². The molecule has 1 saturated heterocycles. The second-order valence-corrected chi connectivity index (χ2v) is 3.99. The van der Waals surface area contributed by atoms with Gasteiger partial charge in [0.1, 0.15) is 5.82 Å². The second kappa shape index (κ2) is 5.21. The van der Waals surface area contributed by atoms with Crippen molar-refractivity contribution < 1.29 is 8.78 Å². The summed E-state index contributed by atoms with van der Waals surface area (Å²) in [6.45, 7) is 1.71. The van der Waals surface area contributed by atoms with Crippen LogP contribution in [-0.4, -0.2) is 24.1 Å². The van der Waals surface area contributed by atoms with E-state index in [2.05, 4.69) is 15.6 Å². The number of pyridine rings is 1. The van der Waals surface area contributed by atoms with Crippen molar-refractivity contribution in [3.05, 3.63) is 23.9 Å². The van der Waals surface area contributed by atoms with Crippen LogP contribution in [0.5, 0.6) is 0 Å². The summed E-state index contributed by atoms with van der Waals surface area (Å²) in [6.07, 6.45) is 4.31. The molecule has 5 heteroatoms. The Labute approximate surface area is 93.3 Å². The van der Waals surface area contributed by atoms with Gasteiger partial charge in [-0.2, -0.15) is 0 Å². The third-order valence-corrected chi connectivity index (χ3v) is 2.76. The fourth-order valence-electron chi connectivity index (χ4n) is 1.91. The predicted molar refractivity (Wildman–Crippen MR) is 58.3 cm³/mol. The fourth-order valence-corrected chi connectivity index (χ4v) is 1.91. The lowest BCUT2D eigenvalue weighted by atomic mass is 10.1. The molecule has 0 radical (unpaired) electrons. The number of hydrogen-bond acceptors (Lipinski definition) is 3. The average molecular weight is 227 g/mol. The standard InChI is InChI=1S/C11H15F2N3/c12-8-6-10(13)11(16-7-8)15-5-3-9-2-1-4-14-9/h6-7,9,14H,1-5H2,(H,15,16)/t9-/m0/s1. The molecule has 0 bridgehead atoms. The number of rotatable bonds is 4. The van der Waals surface area contributed by atoms with Crippen molar-refractivity contribution in [1.82, 2.24) is 10.3 Å². The normalized spacial score (nSPS) is 20.0. The van der Waals surface area contributed by atoms with E-state index >= 15 is 0 Å². The van der Waals surface area contributed by atoms with Gasteiger partial charge in [0.15, 0.2) is 11.6 Å². The first kappa shape index (κ1) is 11.3. The van der Waals surface area contributed by atoms with E-state index in [0.717, 1.165) is 25.2 Å². The van der Waals surface area contributed by atoms with Crippen molar-refractivity contribution in [2.45, 2.75) is 25.3 Å². The minimum Gasteiger partial charge on any atom is -0.368 e. The zero-order chi connectivity index (χ0) is 11.4. The zero-order valence-electron chi connectivity index (χ0n) is 8.97. The number of nitrogens with zero attached hydrogens (tertiary/aromatic N) is 1. The highest BCUT2D eigenvalue weighted by molar-refractivity contribution is 5.35. The van der Waals surface area contributed by atoms with E-state index in [1.807, 2.05) is 0 Å². The Balaban J connectivity index is 1.80. The van der Waals surface area contributed by atoms with Gasteiger partial charge in [0.2, 0.25) is 0 Å². The summed E-state index contributed by atoms with van der Waals surface area (Å²) in [7, 11) is 0. The zero-order valence-corrected chi connectivity index (χ0v) is 8.97. The molecule has 0 spiro atoms. The molecule has 16 heavy (non-hydrogen) atoms. The average Bonchev–Trinajstić information content (AvgIpc) is 2.74. The molecule has 0 amide bonds. The van der Waals surface area contributed by atoms with E-state index in [9.17, 15) is 8.78 Å². The molecule has 0 aromatic carbocycles. The third-order valence-electron chi connectivity index (χ3n) is 2.76. The lowest BCUT2D eigenvalue weighted by Gasteiger charge is -2.11. The quantitative estimate of drug-likeness (QED) is 0.825. The molecule has 1 aromatic rings. The van der Waals surface area contributed by atoms with Gasteiger partial charge in [0.05, 0.1) is 6.20 Å². The van der Waals surface area contributed by atoms with Crippen LogP contribution in [0.15, 0.2) is 12.3 Å². The molecule has 1 atom stereocenters. The molecule has 3 nitrogen and oxygen atoms in total. The van der Waals surface area contributed by atoms with Crippen LogP contribution >= 0.6 is 0 Å². The first-order chi connectivity index (χ1) is 7.75. The molecule has 1 aliphatic rings. The number of halogens is 2. The van der Waals surface area contributed by atoms with Crippen molar-refractivity contribution in [1.29, 1.82) is 0 Å². The van der Waals surface area contributed by atoms with E-state index in [0.29, 0.717) is 12.6 Å². The summed E-state index contributed by atoms with van der Waals surface area (Å²) in [5.41, 5.74) is 0. The fraction of sp³-hybridized carbons (Fsp3) is 0.545. The van der Waals surface area contributed by atoms with Crippen LogP contribution in [0.1, 0.15) is 19.3 Å². The third kappa shape index (κ3) is 2.88. The molecule has 0 aliphatic carbocycles. The smallest absolute Gasteiger partial charge is 0.168 e. The van der Waals surface area contributed by atoms with Crippen LogP contribution < -0.4 is 10.6 Å². The molecule has 88 valence electrons. The minimum absolute atomic E-state index is 0.124.